The molecule has 0 atom stereocenters. The van der Waals surface area contributed by atoms with E-state index in [9.17, 15) is 0 Å². The highest BCUT2D eigenvalue weighted by molar-refractivity contribution is 5.64. The molecule has 2 aliphatic rings. The fraction of sp³-hybridized carbons (Fsp3) is 0.240. The van der Waals surface area contributed by atoms with Crippen LogP contribution >= 0.6 is 0 Å². The minimum absolute atomic E-state index is 0.708. The summed E-state index contributed by atoms with van der Waals surface area (Å²) in [6.45, 7) is 4.48. The van der Waals surface area contributed by atoms with E-state index in [-0.39, 0.29) is 0 Å². The maximum absolute atomic E-state index is 5.96. The molecule has 0 spiro atoms. The van der Waals surface area contributed by atoms with Gasteiger partial charge in [-0.05, 0) is 30.3 Å². The largest absolute Gasteiger partial charge is 0.457 e. The summed E-state index contributed by atoms with van der Waals surface area (Å²) in [5.74, 6) is 4.05. The minimum Gasteiger partial charge on any atom is -0.457 e. The van der Waals surface area contributed by atoms with Gasteiger partial charge in [0.2, 0.25) is 5.95 Å². The number of hydrogen-bond donors (Lipinski definition) is 2. The van der Waals surface area contributed by atoms with Crippen LogP contribution in [0.4, 0.5) is 23.3 Å². The number of benzene rings is 2. The van der Waals surface area contributed by atoms with Crippen LogP contribution in [0.2, 0.25) is 0 Å². The van der Waals surface area contributed by atoms with Crippen molar-refractivity contribution in [1.29, 1.82) is 0 Å². The maximum atomic E-state index is 5.96. The summed E-state index contributed by atoms with van der Waals surface area (Å²) in [6.07, 6.45) is 1.83. The number of ether oxygens (including phenoxy) is 2. The zero-order chi connectivity index (χ0) is 22.7. The van der Waals surface area contributed by atoms with Crippen molar-refractivity contribution < 1.29 is 9.47 Å². The molecule has 0 saturated carbocycles. The molecule has 9 nitrogen and oxygen atoms in total. The minimum atomic E-state index is 0.708. The van der Waals surface area contributed by atoms with E-state index in [4.69, 9.17) is 14.5 Å². The van der Waals surface area contributed by atoms with E-state index < -0.39 is 0 Å². The van der Waals surface area contributed by atoms with E-state index in [0.29, 0.717) is 19.8 Å². The van der Waals surface area contributed by atoms with E-state index in [1.54, 1.807) is 0 Å². The summed E-state index contributed by atoms with van der Waals surface area (Å²) in [5, 5.41) is 11.1. The highest BCUT2D eigenvalue weighted by atomic mass is 16.5. The number of nitrogens with one attached hydrogen (secondary N) is 2. The Hall–Kier alpha value is -4.11. The molecule has 2 aromatic carbocycles. The van der Waals surface area contributed by atoms with Crippen molar-refractivity contribution in [2.75, 3.05) is 41.4 Å². The Balaban J connectivity index is 1.16. The summed E-state index contributed by atoms with van der Waals surface area (Å²) in [6, 6.07) is 19.6. The highest BCUT2D eigenvalue weighted by Crippen LogP contribution is 2.33. The molecule has 1 saturated heterocycles. The van der Waals surface area contributed by atoms with Gasteiger partial charge in [0, 0.05) is 36.6 Å². The second kappa shape index (κ2) is 9.03. The quantitative estimate of drug-likeness (QED) is 0.449. The molecule has 4 aromatic rings. The molecule has 2 aromatic heterocycles. The fourth-order valence-electron chi connectivity index (χ4n) is 4.24. The van der Waals surface area contributed by atoms with Crippen molar-refractivity contribution in [2.45, 2.75) is 13.1 Å². The second-order valence-electron chi connectivity index (χ2n) is 8.27. The second-order valence-corrected chi connectivity index (χ2v) is 8.27. The first-order valence-corrected chi connectivity index (χ1v) is 11.4. The standard InChI is InChI=1S/C25H25N7O2/c1-2-6-19(7-3-1)34-20-8-4-5-18(15-20)27-24-21-16-32(17-22(21)29-30-24)23-9-10-26-25(28-23)31-11-13-33-14-12-31/h1-10,15H,11-14,16-17H2,(H2,27,29,30). The lowest BCUT2D eigenvalue weighted by Crippen LogP contribution is -2.37. The molecule has 2 N–H and O–H groups in total. The number of morpholine rings is 1. The zero-order valence-corrected chi connectivity index (χ0v) is 18.6. The molecule has 4 heterocycles. The molecule has 172 valence electrons. The van der Waals surface area contributed by atoms with Crippen molar-refractivity contribution in [2.24, 2.45) is 0 Å². The lowest BCUT2D eigenvalue weighted by molar-refractivity contribution is 0.122. The van der Waals surface area contributed by atoms with Crippen molar-refractivity contribution in [3.63, 3.8) is 0 Å². The van der Waals surface area contributed by atoms with Crippen molar-refractivity contribution in [3.05, 3.63) is 78.1 Å². The SMILES string of the molecule is c1ccc(Oc2cccc(Nc3n[nH]c4c3CN(c3ccnc(N5CCOCC5)n3)C4)c2)cc1. The van der Waals surface area contributed by atoms with Crippen LogP contribution in [0.25, 0.3) is 0 Å². The van der Waals surface area contributed by atoms with Gasteiger partial charge in [-0.25, -0.2) is 4.98 Å². The Morgan fingerprint density at radius 2 is 1.76 bits per heavy atom. The van der Waals surface area contributed by atoms with E-state index in [1.165, 1.54) is 0 Å². The first-order valence-electron chi connectivity index (χ1n) is 11.4. The van der Waals surface area contributed by atoms with Crippen molar-refractivity contribution in [1.82, 2.24) is 20.2 Å². The molecule has 0 radical (unpaired) electrons. The number of rotatable bonds is 6. The van der Waals surface area contributed by atoms with Gasteiger partial charge in [-0.2, -0.15) is 10.1 Å². The Labute approximate surface area is 197 Å². The third kappa shape index (κ3) is 4.25. The Morgan fingerprint density at radius 3 is 2.65 bits per heavy atom. The molecule has 9 heteroatoms. The topological polar surface area (TPSA) is 91.4 Å². The van der Waals surface area contributed by atoms with Gasteiger partial charge in [-0.1, -0.05) is 24.3 Å². The summed E-state index contributed by atoms with van der Waals surface area (Å²) in [4.78, 5) is 13.7. The van der Waals surface area contributed by atoms with Gasteiger partial charge in [0.25, 0.3) is 0 Å². The van der Waals surface area contributed by atoms with Crippen LogP contribution in [0.15, 0.2) is 66.9 Å². The summed E-state index contributed by atoms with van der Waals surface area (Å²) in [5.41, 5.74) is 3.14. The molecule has 34 heavy (non-hydrogen) atoms. The predicted octanol–water partition coefficient (Wildman–Crippen LogP) is 4.09. The molecule has 0 aliphatic carbocycles. The number of para-hydroxylation sites is 1. The highest BCUT2D eigenvalue weighted by Gasteiger charge is 2.27. The fourth-order valence-corrected chi connectivity index (χ4v) is 4.24. The van der Waals surface area contributed by atoms with Crippen LogP contribution in [0, 0.1) is 0 Å². The molecule has 0 amide bonds. The molecular formula is C25H25N7O2. The smallest absolute Gasteiger partial charge is 0.227 e. The first-order chi connectivity index (χ1) is 16.8. The van der Waals surface area contributed by atoms with Gasteiger partial charge >= 0.3 is 0 Å². The van der Waals surface area contributed by atoms with Crippen LogP contribution in [0.3, 0.4) is 0 Å². The van der Waals surface area contributed by atoms with Crippen molar-refractivity contribution >= 4 is 23.3 Å². The number of aromatic nitrogens is 4. The molecule has 0 unspecified atom stereocenters. The Kier molecular flexibility index (Phi) is 5.44. The average molecular weight is 456 g/mol. The molecule has 6 rings (SSSR count). The van der Waals surface area contributed by atoms with Gasteiger partial charge in [0.1, 0.15) is 17.3 Å². The van der Waals surface area contributed by atoms with Gasteiger partial charge in [-0.15, -0.1) is 0 Å². The van der Waals surface area contributed by atoms with E-state index in [0.717, 1.165) is 65.7 Å². The number of fused-ring (bicyclic) bond motifs is 1. The van der Waals surface area contributed by atoms with E-state index in [2.05, 4.69) is 30.3 Å². The predicted molar refractivity (Wildman–Crippen MR) is 130 cm³/mol. The lowest BCUT2D eigenvalue weighted by Gasteiger charge is -2.27. The normalized spacial score (nSPS) is 15.3. The van der Waals surface area contributed by atoms with Gasteiger partial charge in [0.05, 0.1) is 32.0 Å². The Morgan fingerprint density at radius 1 is 0.912 bits per heavy atom. The van der Waals surface area contributed by atoms with E-state index >= 15 is 0 Å². The Bertz CT molecular complexity index is 1270. The average Bonchev–Trinajstić information content (AvgIpc) is 3.48. The number of hydrogen-bond acceptors (Lipinski definition) is 8. The molecule has 1 fully saturated rings. The van der Waals surface area contributed by atoms with Gasteiger partial charge in [-0.3, -0.25) is 5.10 Å². The summed E-state index contributed by atoms with van der Waals surface area (Å²) in [7, 11) is 0. The van der Waals surface area contributed by atoms with Crippen LogP contribution in [-0.4, -0.2) is 46.5 Å². The first kappa shape index (κ1) is 20.5. The molecule has 0 bridgehead atoms. The van der Waals surface area contributed by atoms with E-state index in [1.807, 2.05) is 66.9 Å². The monoisotopic (exact) mass is 455 g/mol. The maximum Gasteiger partial charge on any atom is 0.227 e. The van der Waals surface area contributed by atoms with Crippen LogP contribution in [-0.2, 0) is 17.8 Å². The summed E-state index contributed by atoms with van der Waals surface area (Å²) >= 11 is 0. The lowest BCUT2D eigenvalue weighted by atomic mass is 10.2. The van der Waals surface area contributed by atoms with Crippen LogP contribution in [0.5, 0.6) is 11.5 Å². The van der Waals surface area contributed by atoms with Crippen molar-refractivity contribution in [3.8, 4) is 11.5 Å². The molecular weight excluding hydrogens is 430 g/mol. The third-order valence-corrected chi connectivity index (χ3v) is 5.97. The van der Waals surface area contributed by atoms with Gasteiger partial charge < -0.3 is 24.6 Å². The number of anilines is 4. The van der Waals surface area contributed by atoms with Gasteiger partial charge in [0.15, 0.2) is 5.82 Å². The number of nitrogens with zero attached hydrogens (tertiary/aromatic N) is 5. The van der Waals surface area contributed by atoms with Crippen LogP contribution < -0.4 is 19.9 Å². The zero-order valence-electron chi connectivity index (χ0n) is 18.6. The number of aromatic amines is 1. The molecule has 2 aliphatic heterocycles. The number of H-pyrrole nitrogens is 1. The summed E-state index contributed by atoms with van der Waals surface area (Å²) < 4.78 is 11.4. The third-order valence-electron chi connectivity index (χ3n) is 5.97. The van der Waals surface area contributed by atoms with Crippen LogP contribution in [0.1, 0.15) is 11.3 Å².